The lowest BCUT2D eigenvalue weighted by Crippen LogP contribution is -2.31. The van der Waals surface area contributed by atoms with Crippen molar-refractivity contribution in [2.24, 2.45) is 0 Å². The van der Waals surface area contributed by atoms with E-state index >= 15 is 0 Å². The van der Waals surface area contributed by atoms with Crippen molar-refractivity contribution in [1.82, 2.24) is 15.2 Å². The number of amides is 1. The molecule has 1 fully saturated rings. The van der Waals surface area contributed by atoms with Crippen LogP contribution in [0.2, 0.25) is 0 Å². The first-order valence-corrected chi connectivity index (χ1v) is 14.0. The lowest BCUT2D eigenvalue weighted by molar-refractivity contribution is -0.141. The second-order valence-electron chi connectivity index (χ2n) is 9.41. The summed E-state index contributed by atoms with van der Waals surface area (Å²) in [6.45, 7) is 1.48. The van der Waals surface area contributed by atoms with Gasteiger partial charge in [-0.3, -0.25) is 19.4 Å². The van der Waals surface area contributed by atoms with Crippen LogP contribution in [0.4, 0.5) is 23.2 Å². The molecular formula is C27H28F4N4O3S. The fraction of sp³-hybridized carbons (Fsp3) is 0.333. The van der Waals surface area contributed by atoms with Crippen LogP contribution in [-0.2, 0) is 29.3 Å². The predicted molar refractivity (Wildman–Crippen MR) is 139 cm³/mol. The van der Waals surface area contributed by atoms with Crippen molar-refractivity contribution in [3.05, 3.63) is 95.1 Å². The van der Waals surface area contributed by atoms with E-state index in [2.05, 4.69) is 19.9 Å². The molecular weight excluding hydrogens is 536 g/mol. The molecule has 0 aliphatic carbocycles. The Kier molecular flexibility index (Phi) is 8.86. The van der Waals surface area contributed by atoms with E-state index in [0.29, 0.717) is 24.2 Å². The van der Waals surface area contributed by atoms with Gasteiger partial charge >= 0.3 is 6.18 Å². The van der Waals surface area contributed by atoms with E-state index in [9.17, 15) is 30.8 Å². The average Bonchev–Trinajstić information content (AvgIpc) is 3.34. The van der Waals surface area contributed by atoms with Crippen molar-refractivity contribution in [2.75, 3.05) is 17.0 Å². The number of rotatable bonds is 10. The number of alkyl halides is 3. The Hall–Kier alpha value is -3.51. The van der Waals surface area contributed by atoms with E-state index in [4.69, 9.17) is 0 Å². The Morgan fingerprint density at radius 1 is 1.00 bits per heavy atom. The molecule has 1 aliphatic rings. The van der Waals surface area contributed by atoms with Crippen LogP contribution in [0.15, 0.2) is 66.9 Å². The summed E-state index contributed by atoms with van der Waals surface area (Å²) in [5, 5.41) is 2.59. The number of nitrogens with zero attached hydrogens (tertiary/aromatic N) is 2. The molecule has 0 saturated carbocycles. The molecule has 1 amide bonds. The number of halogens is 4. The van der Waals surface area contributed by atoms with Crippen LogP contribution >= 0.6 is 0 Å². The summed E-state index contributed by atoms with van der Waals surface area (Å²) in [6, 6.07) is 14.4. The van der Waals surface area contributed by atoms with Gasteiger partial charge in [0.05, 0.1) is 5.75 Å². The first-order valence-electron chi connectivity index (χ1n) is 12.4. The molecule has 1 aromatic heterocycles. The molecule has 3 aromatic rings. The smallest absolute Gasteiger partial charge is 0.348 e. The Labute approximate surface area is 224 Å². The third kappa shape index (κ3) is 8.24. The quantitative estimate of drug-likeness (QED) is 0.340. The highest BCUT2D eigenvalue weighted by molar-refractivity contribution is 7.92. The number of carbonyl (C=O) groups is 1. The highest BCUT2D eigenvalue weighted by Crippen LogP contribution is 2.27. The summed E-state index contributed by atoms with van der Waals surface area (Å²) in [5.74, 6) is -0.828. The summed E-state index contributed by atoms with van der Waals surface area (Å²) in [5.41, 5.74) is 0.943. The molecule has 1 atom stereocenters. The van der Waals surface area contributed by atoms with Gasteiger partial charge in [-0.25, -0.2) is 12.8 Å². The molecule has 1 aliphatic heterocycles. The molecule has 1 saturated heterocycles. The van der Waals surface area contributed by atoms with Crippen LogP contribution in [0, 0.1) is 5.82 Å². The molecule has 4 rings (SSSR count). The minimum atomic E-state index is -4.53. The van der Waals surface area contributed by atoms with E-state index in [0.717, 1.165) is 37.2 Å². The van der Waals surface area contributed by atoms with Gasteiger partial charge in [0, 0.05) is 36.6 Å². The number of sulfonamides is 1. The number of pyridine rings is 1. The van der Waals surface area contributed by atoms with Crippen LogP contribution < -0.4 is 10.0 Å². The van der Waals surface area contributed by atoms with E-state index in [1.807, 2.05) is 0 Å². The van der Waals surface area contributed by atoms with Gasteiger partial charge in [-0.15, -0.1) is 0 Å². The van der Waals surface area contributed by atoms with Crippen LogP contribution in [0.25, 0.3) is 0 Å². The van der Waals surface area contributed by atoms with Crippen LogP contribution in [-0.4, -0.2) is 42.5 Å². The molecule has 208 valence electrons. The molecule has 1 unspecified atom stereocenters. The standard InChI is InChI=1S/C27H28F4N4O3S/c28-22-8-3-19(4-9-22)18-35-14-1-2-24(35)13-15-39(37,38)34-23-10-6-21(7-11-23)26(36)33-17-20-5-12-25(32-16-20)27(29,30)31/h3-12,16,24,34H,1-2,13-15,17-18H2,(H,33,36). The Balaban J connectivity index is 1.25. The number of benzene rings is 2. The third-order valence-electron chi connectivity index (χ3n) is 6.51. The van der Waals surface area contributed by atoms with Crippen molar-refractivity contribution < 1.29 is 30.8 Å². The second-order valence-corrected chi connectivity index (χ2v) is 11.3. The third-order valence-corrected chi connectivity index (χ3v) is 7.83. The van der Waals surface area contributed by atoms with Crippen LogP contribution in [0.1, 0.15) is 46.4 Å². The van der Waals surface area contributed by atoms with Crippen molar-refractivity contribution in [3.8, 4) is 0 Å². The molecule has 12 heteroatoms. The van der Waals surface area contributed by atoms with E-state index in [1.54, 1.807) is 12.1 Å². The predicted octanol–water partition coefficient (Wildman–Crippen LogP) is 4.97. The molecule has 2 heterocycles. The summed E-state index contributed by atoms with van der Waals surface area (Å²) >= 11 is 0. The summed E-state index contributed by atoms with van der Waals surface area (Å²) in [6.07, 6.45) is -1.17. The molecule has 7 nitrogen and oxygen atoms in total. The zero-order chi connectivity index (χ0) is 28.0. The van der Waals surface area contributed by atoms with Crippen molar-refractivity contribution >= 4 is 21.6 Å². The Morgan fingerprint density at radius 2 is 1.69 bits per heavy atom. The minimum absolute atomic E-state index is 0.0162. The number of hydrogen-bond acceptors (Lipinski definition) is 5. The second kappa shape index (κ2) is 12.1. The molecule has 39 heavy (non-hydrogen) atoms. The maximum Gasteiger partial charge on any atom is 0.433 e. The van der Waals surface area contributed by atoms with Crippen molar-refractivity contribution in [2.45, 2.75) is 44.6 Å². The topological polar surface area (TPSA) is 91.4 Å². The molecule has 2 aromatic carbocycles. The number of nitrogens with one attached hydrogen (secondary N) is 2. The Bertz CT molecular complexity index is 1360. The highest BCUT2D eigenvalue weighted by Gasteiger charge is 2.32. The molecule has 2 N–H and O–H groups in total. The van der Waals surface area contributed by atoms with Gasteiger partial charge in [0.15, 0.2) is 0 Å². The number of carbonyl (C=O) groups excluding carboxylic acids is 1. The summed E-state index contributed by atoms with van der Waals surface area (Å²) < 4.78 is 78.9. The fourth-order valence-corrected chi connectivity index (χ4v) is 5.63. The number of likely N-dealkylation sites (tertiary alicyclic amines) is 1. The van der Waals surface area contributed by atoms with Gasteiger partial charge in [0.2, 0.25) is 10.0 Å². The lowest BCUT2D eigenvalue weighted by Gasteiger charge is -2.24. The SMILES string of the molecule is O=C(NCc1ccc(C(F)(F)F)nc1)c1ccc(NS(=O)(=O)CCC2CCCN2Cc2ccc(F)cc2)cc1. The minimum Gasteiger partial charge on any atom is -0.348 e. The monoisotopic (exact) mass is 564 g/mol. The van der Waals surface area contributed by atoms with Crippen LogP contribution in [0.5, 0.6) is 0 Å². The van der Waals surface area contributed by atoms with E-state index in [1.165, 1.54) is 42.5 Å². The lowest BCUT2D eigenvalue weighted by atomic mass is 10.1. The number of hydrogen-bond donors (Lipinski definition) is 2. The normalized spacial score (nSPS) is 16.3. The highest BCUT2D eigenvalue weighted by atomic mass is 32.2. The van der Waals surface area contributed by atoms with Gasteiger partial charge in [0.25, 0.3) is 5.91 Å². The molecule has 0 bridgehead atoms. The summed E-state index contributed by atoms with van der Waals surface area (Å²) in [7, 11) is -3.63. The van der Waals surface area contributed by atoms with Gasteiger partial charge in [-0.1, -0.05) is 18.2 Å². The van der Waals surface area contributed by atoms with Gasteiger partial charge in [0.1, 0.15) is 11.5 Å². The largest absolute Gasteiger partial charge is 0.433 e. The van der Waals surface area contributed by atoms with E-state index in [-0.39, 0.29) is 29.7 Å². The first kappa shape index (κ1) is 28.5. The Morgan fingerprint density at radius 3 is 2.33 bits per heavy atom. The zero-order valence-corrected chi connectivity index (χ0v) is 21.7. The number of anilines is 1. The average molecular weight is 565 g/mol. The van der Waals surface area contributed by atoms with Gasteiger partial charge < -0.3 is 5.32 Å². The van der Waals surface area contributed by atoms with Gasteiger partial charge in [-0.2, -0.15) is 13.2 Å². The fourth-order valence-electron chi connectivity index (χ4n) is 4.45. The van der Waals surface area contributed by atoms with Gasteiger partial charge in [-0.05, 0) is 79.4 Å². The van der Waals surface area contributed by atoms with Crippen molar-refractivity contribution in [1.29, 1.82) is 0 Å². The number of aromatic nitrogens is 1. The maximum absolute atomic E-state index is 13.2. The summed E-state index contributed by atoms with van der Waals surface area (Å²) in [4.78, 5) is 18.0. The van der Waals surface area contributed by atoms with Crippen molar-refractivity contribution in [3.63, 3.8) is 0 Å². The molecule has 0 radical (unpaired) electrons. The van der Waals surface area contributed by atoms with E-state index < -0.39 is 27.8 Å². The maximum atomic E-state index is 13.2. The van der Waals surface area contributed by atoms with Crippen LogP contribution in [0.3, 0.4) is 0 Å². The zero-order valence-electron chi connectivity index (χ0n) is 20.9. The first-order chi connectivity index (χ1) is 18.5. The molecule has 0 spiro atoms.